The van der Waals surface area contributed by atoms with Gasteiger partial charge in [0, 0.05) is 57.5 Å². The number of ether oxygens (including phenoxy) is 1. The van der Waals surface area contributed by atoms with E-state index in [9.17, 15) is 13.2 Å². The maximum atomic E-state index is 12.4. The summed E-state index contributed by atoms with van der Waals surface area (Å²) < 4.78 is 30.6. The molecule has 1 aliphatic heterocycles. The fraction of sp³-hybridized carbons (Fsp3) is 0.688. The Morgan fingerprint density at radius 1 is 1.42 bits per heavy atom. The van der Waals surface area contributed by atoms with E-state index >= 15 is 0 Å². The van der Waals surface area contributed by atoms with Gasteiger partial charge in [0.05, 0.1) is 18.3 Å². The number of fused-ring (bicyclic) bond motifs is 1. The van der Waals surface area contributed by atoms with Crippen molar-refractivity contribution < 1.29 is 17.9 Å². The molecule has 2 heterocycles. The number of hydrogen-bond donors (Lipinski definition) is 1. The highest BCUT2D eigenvalue weighted by atomic mass is 32.2. The van der Waals surface area contributed by atoms with Crippen molar-refractivity contribution in [3.05, 3.63) is 24.0 Å². The minimum Gasteiger partial charge on any atom is -0.383 e. The molecular formula is C16H27N3O4S. The lowest BCUT2D eigenvalue weighted by molar-refractivity contribution is -0.126. The minimum atomic E-state index is -3.02. The van der Waals surface area contributed by atoms with Gasteiger partial charge in [0.2, 0.25) is 5.91 Å². The summed E-state index contributed by atoms with van der Waals surface area (Å²) in [5, 5.41) is 2.89. The maximum absolute atomic E-state index is 12.4. The quantitative estimate of drug-likeness (QED) is 0.668. The standard InChI is InChI=1S/C16H27N3O4S/c1-3-24(21,22)10-8-18-11-14(16(20)17-6-9-23-2)12-19-7-4-5-15(19)13-18/h4-5,7,14H,3,6,8-13H2,1-2H3,(H,17,20)/t14-/m0/s1. The summed E-state index contributed by atoms with van der Waals surface area (Å²) in [7, 11) is -1.42. The van der Waals surface area contributed by atoms with Gasteiger partial charge >= 0.3 is 0 Å². The normalized spacial score (nSPS) is 18.8. The number of methoxy groups -OCH3 is 1. The number of rotatable bonds is 8. The first-order valence-corrected chi connectivity index (χ1v) is 10.1. The van der Waals surface area contributed by atoms with Crippen LogP contribution in [0.25, 0.3) is 0 Å². The van der Waals surface area contributed by atoms with Crippen molar-refractivity contribution in [2.24, 2.45) is 5.92 Å². The van der Waals surface area contributed by atoms with Crippen molar-refractivity contribution >= 4 is 15.7 Å². The Morgan fingerprint density at radius 2 is 2.21 bits per heavy atom. The summed E-state index contributed by atoms with van der Waals surface area (Å²) in [4.78, 5) is 14.5. The second-order valence-electron chi connectivity index (χ2n) is 6.10. The van der Waals surface area contributed by atoms with Crippen LogP contribution in [0.15, 0.2) is 18.3 Å². The van der Waals surface area contributed by atoms with Crippen LogP contribution in [-0.2, 0) is 32.5 Å². The summed E-state index contributed by atoms with van der Waals surface area (Å²) in [5.41, 5.74) is 1.11. The number of carbonyl (C=O) groups is 1. The first-order chi connectivity index (χ1) is 11.4. The van der Waals surface area contributed by atoms with Gasteiger partial charge in [-0.05, 0) is 12.1 Å². The van der Waals surface area contributed by atoms with Crippen molar-refractivity contribution in [2.45, 2.75) is 20.0 Å². The zero-order valence-electron chi connectivity index (χ0n) is 14.4. The molecule has 136 valence electrons. The van der Waals surface area contributed by atoms with E-state index in [0.29, 0.717) is 39.3 Å². The van der Waals surface area contributed by atoms with E-state index in [1.54, 1.807) is 14.0 Å². The highest BCUT2D eigenvalue weighted by Crippen LogP contribution is 2.17. The molecule has 8 heteroatoms. The number of aromatic nitrogens is 1. The van der Waals surface area contributed by atoms with E-state index in [0.717, 1.165) is 5.69 Å². The summed E-state index contributed by atoms with van der Waals surface area (Å²) in [6.07, 6.45) is 1.97. The molecule has 1 N–H and O–H groups in total. The fourth-order valence-corrected chi connectivity index (χ4v) is 3.67. The number of sulfone groups is 1. The SMILES string of the molecule is CCS(=O)(=O)CCN1Cc2cccn2C[C@@H](C(=O)NCCOC)C1. The van der Waals surface area contributed by atoms with Gasteiger partial charge in [0.15, 0.2) is 9.84 Å². The molecule has 0 saturated heterocycles. The predicted octanol–water partition coefficient (Wildman–Crippen LogP) is 0.117. The minimum absolute atomic E-state index is 0.0167. The van der Waals surface area contributed by atoms with Gasteiger partial charge in [-0.2, -0.15) is 0 Å². The third kappa shape index (κ3) is 5.32. The molecule has 0 aromatic carbocycles. The van der Waals surface area contributed by atoms with Crippen LogP contribution >= 0.6 is 0 Å². The van der Waals surface area contributed by atoms with Gasteiger partial charge < -0.3 is 14.6 Å². The summed E-state index contributed by atoms with van der Waals surface area (Å²) in [5.74, 6) is 0.0529. The van der Waals surface area contributed by atoms with Crippen molar-refractivity contribution in [3.63, 3.8) is 0 Å². The Bertz CT molecular complexity index is 642. The number of nitrogens with zero attached hydrogens (tertiary/aromatic N) is 2. The lowest BCUT2D eigenvalue weighted by Gasteiger charge is -2.23. The largest absolute Gasteiger partial charge is 0.383 e. The number of amides is 1. The molecule has 2 rings (SSSR count). The Hall–Kier alpha value is -1.38. The van der Waals surface area contributed by atoms with Gasteiger partial charge in [-0.15, -0.1) is 0 Å². The van der Waals surface area contributed by atoms with Crippen molar-refractivity contribution in [2.75, 3.05) is 44.9 Å². The monoisotopic (exact) mass is 357 g/mol. The Kier molecular flexibility index (Phi) is 6.82. The lowest BCUT2D eigenvalue weighted by Crippen LogP contribution is -2.41. The van der Waals surface area contributed by atoms with Crippen LogP contribution < -0.4 is 5.32 Å². The van der Waals surface area contributed by atoms with Crippen LogP contribution in [0, 0.1) is 5.92 Å². The highest BCUT2D eigenvalue weighted by Gasteiger charge is 2.27. The van der Waals surface area contributed by atoms with Crippen molar-refractivity contribution in [1.82, 2.24) is 14.8 Å². The molecule has 1 aromatic heterocycles. The summed E-state index contributed by atoms with van der Waals surface area (Å²) in [6.45, 7) is 4.89. The molecule has 0 radical (unpaired) electrons. The molecule has 0 saturated carbocycles. The van der Waals surface area contributed by atoms with Gasteiger partial charge in [0.1, 0.15) is 0 Å². The third-order valence-electron chi connectivity index (χ3n) is 4.34. The number of carbonyl (C=O) groups excluding carboxylic acids is 1. The van der Waals surface area contributed by atoms with E-state index in [1.165, 1.54) is 0 Å². The van der Waals surface area contributed by atoms with Crippen molar-refractivity contribution in [1.29, 1.82) is 0 Å². The zero-order chi connectivity index (χ0) is 17.6. The van der Waals surface area contributed by atoms with Crippen LogP contribution in [0.2, 0.25) is 0 Å². The van der Waals surface area contributed by atoms with E-state index in [-0.39, 0.29) is 23.3 Å². The Morgan fingerprint density at radius 3 is 2.92 bits per heavy atom. The molecule has 0 fully saturated rings. The average molecular weight is 357 g/mol. The molecule has 1 aromatic rings. The number of nitrogens with one attached hydrogen (secondary N) is 1. The first-order valence-electron chi connectivity index (χ1n) is 8.28. The highest BCUT2D eigenvalue weighted by molar-refractivity contribution is 7.91. The van der Waals surface area contributed by atoms with Crippen LogP contribution in [0.1, 0.15) is 12.6 Å². The Balaban J connectivity index is 2.05. The van der Waals surface area contributed by atoms with Gasteiger partial charge in [0.25, 0.3) is 0 Å². The second-order valence-corrected chi connectivity index (χ2v) is 8.58. The molecule has 24 heavy (non-hydrogen) atoms. The molecule has 1 amide bonds. The van der Waals surface area contributed by atoms with Crippen LogP contribution in [-0.4, -0.2) is 68.6 Å². The topological polar surface area (TPSA) is 80.6 Å². The first kappa shape index (κ1) is 19.0. The molecule has 1 atom stereocenters. The van der Waals surface area contributed by atoms with E-state index in [2.05, 4.69) is 14.8 Å². The van der Waals surface area contributed by atoms with E-state index in [1.807, 2.05) is 18.3 Å². The fourth-order valence-electron chi connectivity index (χ4n) is 2.84. The van der Waals surface area contributed by atoms with E-state index in [4.69, 9.17) is 4.74 Å². The van der Waals surface area contributed by atoms with Gasteiger partial charge in [-0.1, -0.05) is 6.92 Å². The lowest BCUT2D eigenvalue weighted by atomic mass is 10.1. The molecule has 0 aliphatic carbocycles. The van der Waals surface area contributed by atoms with Crippen molar-refractivity contribution in [3.8, 4) is 0 Å². The maximum Gasteiger partial charge on any atom is 0.226 e. The van der Waals surface area contributed by atoms with Gasteiger partial charge in [-0.3, -0.25) is 9.69 Å². The summed E-state index contributed by atoms with van der Waals surface area (Å²) in [6, 6.07) is 3.98. The molecule has 0 unspecified atom stereocenters. The predicted molar refractivity (Wildman–Crippen MR) is 92.4 cm³/mol. The third-order valence-corrected chi connectivity index (χ3v) is 6.02. The van der Waals surface area contributed by atoms with Crippen LogP contribution in [0.5, 0.6) is 0 Å². The molecule has 1 aliphatic rings. The smallest absolute Gasteiger partial charge is 0.226 e. The van der Waals surface area contributed by atoms with Gasteiger partial charge in [-0.25, -0.2) is 8.42 Å². The van der Waals surface area contributed by atoms with Crippen LogP contribution in [0.3, 0.4) is 0 Å². The molecule has 0 spiro atoms. The Labute approximate surface area is 143 Å². The van der Waals surface area contributed by atoms with E-state index < -0.39 is 9.84 Å². The van der Waals surface area contributed by atoms with Crippen LogP contribution in [0.4, 0.5) is 0 Å². The summed E-state index contributed by atoms with van der Waals surface area (Å²) >= 11 is 0. The average Bonchev–Trinajstić information content (AvgIpc) is 2.91. The molecule has 7 nitrogen and oxygen atoms in total. The molecular weight excluding hydrogens is 330 g/mol. The zero-order valence-corrected chi connectivity index (χ0v) is 15.2. The molecule has 0 bridgehead atoms. The number of hydrogen-bond acceptors (Lipinski definition) is 5. The second kappa shape index (κ2) is 8.64.